The van der Waals surface area contributed by atoms with E-state index in [0.717, 1.165) is 12.5 Å². The average Bonchev–Trinajstić information content (AvgIpc) is 2.57. The van der Waals surface area contributed by atoms with Gasteiger partial charge in [-0.05, 0) is 35.4 Å². The van der Waals surface area contributed by atoms with Crippen LogP contribution in [0.1, 0.15) is 11.1 Å². The number of hydrogen-bond acceptors (Lipinski definition) is 7. The van der Waals surface area contributed by atoms with Gasteiger partial charge in [0.15, 0.2) is 19.7 Å². The zero-order valence-electron chi connectivity index (χ0n) is 14.2. The van der Waals surface area contributed by atoms with Crippen LogP contribution in [0.3, 0.4) is 0 Å². The molecule has 0 aliphatic rings. The average molecular weight is 418 g/mol. The summed E-state index contributed by atoms with van der Waals surface area (Å²) in [7, 11) is -9.27. The lowest BCUT2D eigenvalue weighted by molar-refractivity contribution is 0.213. The number of sulfone groups is 2. The highest BCUT2D eigenvalue weighted by Gasteiger charge is 2.08. The SMILES string of the molecule is CS(=O)(=O)c1ccc(CO[PH](=O)OCc2ccc(S(C)(=O)=O)cc2)cc1. The van der Waals surface area contributed by atoms with Crippen molar-refractivity contribution in [1.82, 2.24) is 0 Å². The van der Waals surface area contributed by atoms with Crippen molar-refractivity contribution < 1.29 is 30.4 Å². The molecule has 26 heavy (non-hydrogen) atoms. The molecule has 0 saturated heterocycles. The van der Waals surface area contributed by atoms with Crippen molar-refractivity contribution in [2.45, 2.75) is 23.0 Å². The molecule has 0 amide bonds. The fraction of sp³-hybridized carbons (Fsp3) is 0.250. The molecule has 0 radical (unpaired) electrons. The molecular formula is C16H19O7PS2. The zero-order valence-corrected chi connectivity index (χ0v) is 16.8. The summed E-state index contributed by atoms with van der Waals surface area (Å²) >= 11 is 0. The Morgan fingerprint density at radius 3 is 1.27 bits per heavy atom. The van der Waals surface area contributed by atoms with Crippen molar-refractivity contribution in [2.75, 3.05) is 12.5 Å². The van der Waals surface area contributed by atoms with E-state index in [9.17, 15) is 21.4 Å². The molecule has 2 aromatic carbocycles. The van der Waals surface area contributed by atoms with Crippen LogP contribution in [0.2, 0.25) is 0 Å². The third-order valence-electron chi connectivity index (χ3n) is 3.42. The van der Waals surface area contributed by atoms with Crippen LogP contribution in [0, 0.1) is 0 Å². The smallest absolute Gasteiger partial charge is 0.306 e. The van der Waals surface area contributed by atoms with Crippen molar-refractivity contribution in [1.29, 1.82) is 0 Å². The first-order valence-corrected chi connectivity index (χ1v) is 12.4. The second kappa shape index (κ2) is 8.45. The first-order valence-electron chi connectivity index (χ1n) is 7.43. The summed E-state index contributed by atoms with van der Waals surface area (Å²) in [5.41, 5.74) is 1.33. The van der Waals surface area contributed by atoms with Crippen LogP contribution in [0.15, 0.2) is 58.3 Å². The van der Waals surface area contributed by atoms with E-state index in [1.165, 1.54) is 24.3 Å². The van der Waals surface area contributed by atoms with Gasteiger partial charge < -0.3 is 9.05 Å². The summed E-state index contributed by atoms with van der Waals surface area (Å²) < 4.78 is 67.6. The Morgan fingerprint density at radius 1 is 0.692 bits per heavy atom. The molecule has 0 saturated carbocycles. The highest BCUT2D eigenvalue weighted by molar-refractivity contribution is 7.91. The molecule has 0 bridgehead atoms. The van der Waals surface area contributed by atoms with Crippen LogP contribution < -0.4 is 0 Å². The van der Waals surface area contributed by atoms with E-state index in [1.54, 1.807) is 24.3 Å². The van der Waals surface area contributed by atoms with Crippen LogP contribution in [0.4, 0.5) is 0 Å². The second-order valence-electron chi connectivity index (χ2n) is 5.66. The van der Waals surface area contributed by atoms with Crippen molar-refractivity contribution in [3.8, 4) is 0 Å². The molecule has 0 aliphatic carbocycles. The molecule has 0 aliphatic heterocycles. The van der Waals surface area contributed by atoms with Crippen LogP contribution in [0.25, 0.3) is 0 Å². The fourth-order valence-electron chi connectivity index (χ4n) is 1.99. The van der Waals surface area contributed by atoms with Crippen LogP contribution in [-0.4, -0.2) is 29.3 Å². The lowest BCUT2D eigenvalue weighted by Gasteiger charge is -2.07. The van der Waals surface area contributed by atoms with Gasteiger partial charge in [0.1, 0.15) is 0 Å². The van der Waals surface area contributed by atoms with E-state index in [1.807, 2.05) is 0 Å². The van der Waals surface area contributed by atoms with Gasteiger partial charge in [0, 0.05) is 12.5 Å². The summed E-state index contributed by atoms with van der Waals surface area (Å²) in [6, 6.07) is 12.1. The van der Waals surface area contributed by atoms with Crippen molar-refractivity contribution in [3.05, 3.63) is 59.7 Å². The lowest BCUT2D eigenvalue weighted by atomic mass is 10.2. The molecule has 0 unspecified atom stereocenters. The first kappa shape index (κ1) is 20.8. The first-order chi connectivity index (χ1) is 12.1. The summed E-state index contributed by atoms with van der Waals surface area (Å²) in [4.78, 5) is 0.394. The Kier molecular flexibility index (Phi) is 6.76. The summed E-state index contributed by atoms with van der Waals surface area (Å²) in [6.07, 6.45) is 2.24. The standard InChI is InChI=1S/C16H19O7PS2/c1-25(18,19)15-7-3-13(4-8-15)11-22-24(17)23-12-14-5-9-16(10-6-14)26(2,20)21/h3-10,24H,11-12H2,1-2H3. The van der Waals surface area contributed by atoms with E-state index in [0.29, 0.717) is 11.1 Å². The van der Waals surface area contributed by atoms with Gasteiger partial charge in [-0.15, -0.1) is 0 Å². The Balaban J connectivity index is 1.84. The Morgan fingerprint density at radius 2 is 1.00 bits per heavy atom. The quantitative estimate of drug-likeness (QED) is 0.607. The van der Waals surface area contributed by atoms with Crippen LogP contribution >= 0.6 is 8.25 Å². The van der Waals surface area contributed by atoms with Gasteiger partial charge in [-0.1, -0.05) is 24.3 Å². The molecule has 0 heterocycles. The molecule has 0 spiro atoms. The highest BCUT2D eigenvalue weighted by Crippen LogP contribution is 2.27. The lowest BCUT2D eigenvalue weighted by Crippen LogP contribution is -1.98. The minimum atomic E-state index is -3.26. The maximum atomic E-state index is 11.8. The topological polar surface area (TPSA) is 104 Å². The maximum Gasteiger partial charge on any atom is 0.319 e. The van der Waals surface area contributed by atoms with Crippen molar-refractivity contribution in [2.24, 2.45) is 0 Å². The molecule has 7 nitrogen and oxygen atoms in total. The van der Waals surface area contributed by atoms with Gasteiger partial charge in [-0.3, -0.25) is 4.57 Å². The van der Waals surface area contributed by atoms with Gasteiger partial charge in [-0.25, -0.2) is 16.8 Å². The molecular weight excluding hydrogens is 399 g/mol. The minimum absolute atomic E-state index is 0.0227. The molecule has 0 fully saturated rings. The largest absolute Gasteiger partial charge is 0.319 e. The van der Waals surface area contributed by atoms with Gasteiger partial charge in [0.2, 0.25) is 0 Å². The number of rotatable bonds is 8. The fourth-order valence-corrected chi connectivity index (χ4v) is 3.91. The van der Waals surface area contributed by atoms with E-state index < -0.39 is 27.9 Å². The van der Waals surface area contributed by atoms with Crippen molar-refractivity contribution >= 4 is 27.9 Å². The molecule has 0 aromatic heterocycles. The number of benzene rings is 2. The second-order valence-corrected chi connectivity index (χ2v) is 10.8. The predicted molar refractivity (Wildman–Crippen MR) is 97.7 cm³/mol. The maximum absolute atomic E-state index is 11.8. The molecule has 10 heteroatoms. The molecule has 2 aromatic rings. The van der Waals surface area contributed by atoms with E-state index in [2.05, 4.69) is 0 Å². The van der Waals surface area contributed by atoms with E-state index in [4.69, 9.17) is 9.05 Å². The van der Waals surface area contributed by atoms with Gasteiger partial charge in [0.25, 0.3) is 0 Å². The summed E-state index contributed by atoms with van der Waals surface area (Å²) in [6.45, 7) is 0.0453. The predicted octanol–water partition coefficient (Wildman–Crippen LogP) is 2.62. The van der Waals surface area contributed by atoms with Gasteiger partial charge >= 0.3 is 8.25 Å². The van der Waals surface area contributed by atoms with Gasteiger partial charge in [-0.2, -0.15) is 0 Å². The summed E-state index contributed by atoms with van der Waals surface area (Å²) in [5.74, 6) is 0. The molecule has 142 valence electrons. The summed E-state index contributed by atoms with van der Waals surface area (Å²) in [5, 5.41) is 0. The molecule has 0 atom stereocenters. The third-order valence-corrected chi connectivity index (χ3v) is 6.43. The third kappa shape index (κ3) is 6.34. The zero-order chi connectivity index (χ0) is 19.4. The Hall–Kier alpha value is -1.51. The Bertz CT molecular complexity index is 898. The van der Waals surface area contributed by atoms with Crippen LogP contribution in [0.5, 0.6) is 0 Å². The Labute approximate surface area is 153 Å². The van der Waals surface area contributed by atoms with Crippen LogP contribution in [-0.2, 0) is 46.5 Å². The normalized spacial score (nSPS) is 12.4. The molecule has 0 N–H and O–H groups in total. The monoisotopic (exact) mass is 418 g/mol. The highest BCUT2D eigenvalue weighted by atomic mass is 32.2. The van der Waals surface area contributed by atoms with Crippen molar-refractivity contribution in [3.63, 3.8) is 0 Å². The number of hydrogen-bond donors (Lipinski definition) is 0. The van der Waals surface area contributed by atoms with E-state index in [-0.39, 0.29) is 23.0 Å². The van der Waals surface area contributed by atoms with Gasteiger partial charge in [0.05, 0.1) is 23.0 Å². The minimum Gasteiger partial charge on any atom is -0.306 e. The van der Waals surface area contributed by atoms with E-state index >= 15 is 0 Å². The molecule has 2 rings (SSSR count).